The number of nitrogens with one attached hydrogen (secondary N) is 1. The molecule has 0 saturated heterocycles. The molecule has 0 amide bonds. The lowest BCUT2D eigenvalue weighted by Crippen LogP contribution is -2.28. The summed E-state index contributed by atoms with van der Waals surface area (Å²) < 4.78 is 31.3. The number of benzene rings is 1. The second-order valence-electron chi connectivity index (χ2n) is 5.00. The average molecular weight is 314 g/mol. The van der Waals surface area contributed by atoms with Crippen LogP contribution in [-0.4, -0.2) is 46.6 Å². The van der Waals surface area contributed by atoms with Crippen LogP contribution in [0.1, 0.15) is 25.3 Å². The lowest BCUT2D eigenvalue weighted by molar-refractivity contribution is 0.189. The second kappa shape index (κ2) is 9.15. The van der Waals surface area contributed by atoms with Gasteiger partial charge in [0.1, 0.15) is 0 Å². The van der Waals surface area contributed by atoms with E-state index in [1.54, 1.807) is 32.4 Å². The molecule has 1 aromatic carbocycles. The Morgan fingerprint density at radius 1 is 1.33 bits per heavy atom. The van der Waals surface area contributed by atoms with Gasteiger partial charge in [-0.25, -0.2) is 12.7 Å². The second-order valence-corrected chi connectivity index (χ2v) is 7.04. The zero-order valence-corrected chi connectivity index (χ0v) is 13.9. The van der Waals surface area contributed by atoms with Crippen molar-refractivity contribution in [2.45, 2.75) is 31.2 Å². The average Bonchev–Trinajstić information content (AvgIpc) is 2.48. The summed E-state index contributed by atoms with van der Waals surface area (Å²) in [4.78, 5) is 0.346. The van der Waals surface area contributed by atoms with Gasteiger partial charge >= 0.3 is 0 Å². The smallest absolute Gasteiger partial charge is 0.242 e. The predicted octanol–water partition coefficient (Wildman–Crippen LogP) is 1.84. The molecule has 0 heterocycles. The van der Waals surface area contributed by atoms with E-state index >= 15 is 0 Å². The highest BCUT2D eigenvalue weighted by Crippen LogP contribution is 2.16. The van der Waals surface area contributed by atoms with Crippen LogP contribution in [-0.2, 0) is 21.3 Å². The van der Waals surface area contributed by atoms with Crippen LogP contribution in [0.25, 0.3) is 0 Å². The summed E-state index contributed by atoms with van der Waals surface area (Å²) in [6.45, 7) is 4.72. The van der Waals surface area contributed by atoms with Gasteiger partial charge in [0, 0.05) is 33.9 Å². The molecule has 120 valence electrons. The van der Waals surface area contributed by atoms with Gasteiger partial charge in [0.05, 0.1) is 4.90 Å². The van der Waals surface area contributed by atoms with Crippen molar-refractivity contribution in [2.75, 3.05) is 33.9 Å². The van der Waals surface area contributed by atoms with Crippen LogP contribution in [0, 0.1) is 0 Å². The quantitative estimate of drug-likeness (QED) is 0.670. The molecule has 0 aliphatic rings. The van der Waals surface area contributed by atoms with Crippen molar-refractivity contribution in [3.63, 3.8) is 0 Å². The molecule has 0 atom stereocenters. The number of nitrogens with zero attached hydrogens (tertiary/aromatic N) is 1. The SMILES string of the molecule is CCCNCc1cccc(S(=O)(=O)N(C)CCCOC)c1. The molecule has 1 rings (SSSR count). The summed E-state index contributed by atoms with van der Waals surface area (Å²) in [7, 11) is -0.206. The van der Waals surface area contributed by atoms with E-state index in [0.717, 1.165) is 18.5 Å². The van der Waals surface area contributed by atoms with Crippen molar-refractivity contribution >= 4 is 10.0 Å². The van der Waals surface area contributed by atoms with Gasteiger partial charge in [0.15, 0.2) is 0 Å². The lowest BCUT2D eigenvalue weighted by Gasteiger charge is -2.17. The number of rotatable bonds is 10. The van der Waals surface area contributed by atoms with Crippen LogP contribution in [0.5, 0.6) is 0 Å². The fourth-order valence-electron chi connectivity index (χ4n) is 1.96. The van der Waals surface area contributed by atoms with E-state index in [-0.39, 0.29) is 0 Å². The molecule has 0 fully saturated rings. The maximum atomic E-state index is 12.5. The predicted molar refractivity (Wildman–Crippen MR) is 84.7 cm³/mol. The third kappa shape index (κ3) is 5.74. The maximum absolute atomic E-state index is 12.5. The monoisotopic (exact) mass is 314 g/mol. The van der Waals surface area contributed by atoms with Gasteiger partial charge in [-0.15, -0.1) is 0 Å². The molecule has 0 aliphatic carbocycles. The van der Waals surface area contributed by atoms with Gasteiger partial charge in [0.25, 0.3) is 0 Å². The first-order valence-corrected chi connectivity index (χ1v) is 8.71. The highest BCUT2D eigenvalue weighted by Gasteiger charge is 2.20. The number of methoxy groups -OCH3 is 1. The number of ether oxygens (including phenoxy) is 1. The maximum Gasteiger partial charge on any atom is 0.242 e. The molecule has 1 N–H and O–H groups in total. The van der Waals surface area contributed by atoms with E-state index in [0.29, 0.717) is 31.0 Å². The first-order valence-electron chi connectivity index (χ1n) is 7.27. The van der Waals surface area contributed by atoms with E-state index in [4.69, 9.17) is 4.74 Å². The van der Waals surface area contributed by atoms with E-state index in [1.165, 1.54) is 4.31 Å². The fraction of sp³-hybridized carbons (Fsp3) is 0.600. The summed E-state index contributed by atoms with van der Waals surface area (Å²) in [6, 6.07) is 7.11. The van der Waals surface area contributed by atoms with E-state index in [9.17, 15) is 8.42 Å². The van der Waals surface area contributed by atoms with Crippen molar-refractivity contribution in [3.05, 3.63) is 29.8 Å². The number of hydrogen-bond acceptors (Lipinski definition) is 4. The molecule has 0 saturated carbocycles. The van der Waals surface area contributed by atoms with Gasteiger partial charge in [-0.05, 0) is 37.1 Å². The van der Waals surface area contributed by atoms with Crippen LogP contribution in [0.2, 0.25) is 0 Å². The first-order chi connectivity index (χ1) is 10.0. The van der Waals surface area contributed by atoms with Crippen molar-refractivity contribution in [1.29, 1.82) is 0 Å². The summed E-state index contributed by atoms with van der Waals surface area (Å²) in [5.41, 5.74) is 0.981. The normalized spacial score (nSPS) is 12.0. The number of sulfonamides is 1. The van der Waals surface area contributed by atoms with Gasteiger partial charge in [-0.2, -0.15) is 0 Å². The summed E-state index contributed by atoms with van der Waals surface area (Å²) >= 11 is 0. The molecule has 0 radical (unpaired) electrons. The zero-order chi connectivity index (χ0) is 15.7. The molecule has 1 aromatic rings. The van der Waals surface area contributed by atoms with E-state index in [2.05, 4.69) is 12.2 Å². The van der Waals surface area contributed by atoms with Crippen LogP contribution >= 0.6 is 0 Å². The molecule has 0 bridgehead atoms. The zero-order valence-electron chi connectivity index (χ0n) is 13.1. The summed E-state index contributed by atoms with van der Waals surface area (Å²) in [5.74, 6) is 0. The van der Waals surface area contributed by atoms with Crippen molar-refractivity contribution in [1.82, 2.24) is 9.62 Å². The molecule has 6 heteroatoms. The lowest BCUT2D eigenvalue weighted by atomic mass is 10.2. The fourth-order valence-corrected chi connectivity index (χ4v) is 3.24. The van der Waals surface area contributed by atoms with E-state index < -0.39 is 10.0 Å². The highest BCUT2D eigenvalue weighted by molar-refractivity contribution is 7.89. The standard InChI is InChI=1S/C15H26N2O3S/c1-4-9-16-13-14-7-5-8-15(12-14)21(18,19)17(2)10-6-11-20-3/h5,7-8,12,16H,4,6,9-11,13H2,1-3H3. The Kier molecular flexibility index (Phi) is 7.88. The Morgan fingerprint density at radius 3 is 2.76 bits per heavy atom. The summed E-state index contributed by atoms with van der Waals surface area (Å²) in [6.07, 6.45) is 1.74. The Morgan fingerprint density at radius 2 is 2.10 bits per heavy atom. The topological polar surface area (TPSA) is 58.6 Å². The van der Waals surface area contributed by atoms with Gasteiger partial charge in [0.2, 0.25) is 10.0 Å². The minimum atomic E-state index is -3.42. The molecule has 0 aromatic heterocycles. The van der Waals surface area contributed by atoms with Gasteiger partial charge in [-0.1, -0.05) is 19.1 Å². The Balaban J connectivity index is 2.75. The van der Waals surface area contributed by atoms with Gasteiger partial charge < -0.3 is 10.1 Å². The van der Waals surface area contributed by atoms with Crippen LogP contribution in [0.4, 0.5) is 0 Å². The molecular weight excluding hydrogens is 288 g/mol. The molecule has 5 nitrogen and oxygen atoms in total. The van der Waals surface area contributed by atoms with Crippen molar-refractivity contribution in [2.24, 2.45) is 0 Å². The number of hydrogen-bond donors (Lipinski definition) is 1. The molecule has 0 unspecified atom stereocenters. The van der Waals surface area contributed by atoms with E-state index in [1.807, 2.05) is 6.07 Å². The third-order valence-corrected chi connectivity index (χ3v) is 5.04. The molecule has 0 aliphatic heterocycles. The first kappa shape index (κ1) is 18.1. The third-order valence-electron chi connectivity index (χ3n) is 3.18. The molecule has 21 heavy (non-hydrogen) atoms. The minimum absolute atomic E-state index is 0.346. The largest absolute Gasteiger partial charge is 0.385 e. The Bertz CT molecular complexity index is 517. The molecular formula is C15H26N2O3S. The highest BCUT2D eigenvalue weighted by atomic mass is 32.2. The van der Waals surface area contributed by atoms with Crippen LogP contribution in [0.3, 0.4) is 0 Å². The van der Waals surface area contributed by atoms with Crippen molar-refractivity contribution in [3.8, 4) is 0 Å². The Labute approximate surface area is 128 Å². The minimum Gasteiger partial charge on any atom is -0.385 e. The van der Waals surface area contributed by atoms with Crippen molar-refractivity contribution < 1.29 is 13.2 Å². The van der Waals surface area contributed by atoms with Gasteiger partial charge in [-0.3, -0.25) is 0 Å². The van der Waals surface area contributed by atoms with Crippen LogP contribution in [0.15, 0.2) is 29.2 Å². The molecule has 0 spiro atoms. The summed E-state index contributed by atoms with van der Waals surface area (Å²) in [5, 5.41) is 3.28. The Hall–Kier alpha value is -0.950. The van der Waals surface area contributed by atoms with Crippen LogP contribution < -0.4 is 5.32 Å².